The monoisotopic (exact) mass is 311 g/mol. The minimum absolute atomic E-state index is 0.0208. The van der Waals surface area contributed by atoms with Gasteiger partial charge in [-0.3, -0.25) is 0 Å². The molecule has 0 spiro atoms. The number of benzene rings is 2. The summed E-state index contributed by atoms with van der Waals surface area (Å²) in [6.45, 7) is 0. The lowest BCUT2D eigenvalue weighted by Gasteiger charge is -2.08. The van der Waals surface area contributed by atoms with Crippen LogP contribution in [-0.4, -0.2) is 14.5 Å². The first kappa shape index (κ1) is 14.4. The van der Waals surface area contributed by atoms with Crippen LogP contribution in [0.25, 0.3) is 0 Å². The highest BCUT2D eigenvalue weighted by molar-refractivity contribution is 7.90. The normalized spacial score (nSPS) is 10.8. The maximum absolute atomic E-state index is 12.0. The Balaban J connectivity index is 2.13. The summed E-state index contributed by atoms with van der Waals surface area (Å²) in [5.41, 5.74) is 0. The molecule has 0 saturated heterocycles. The van der Waals surface area contributed by atoms with Gasteiger partial charge in [-0.1, -0.05) is 41.9 Å². The Morgan fingerprint density at radius 2 is 1.60 bits per heavy atom. The average molecular weight is 312 g/mol. The fourth-order valence-corrected chi connectivity index (χ4v) is 2.84. The summed E-state index contributed by atoms with van der Waals surface area (Å²) in [5, 5.41) is 0.0208. The van der Waals surface area contributed by atoms with Crippen LogP contribution in [0.1, 0.15) is 0 Å². The SMILES string of the molecule is O=C(NS(=O)(=O)c1ccccc1Cl)Oc1ccccc1. The van der Waals surface area contributed by atoms with Crippen LogP contribution >= 0.6 is 11.6 Å². The fourth-order valence-electron chi connectivity index (χ4n) is 1.44. The van der Waals surface area contributed by atoms with Crippen molar-refractivity contribution in [3.63, 3.8) is 0 Å². The van der Waals surface area contributed by atoms with Crippen molar-refractivity contribution in [2.75, 3.05) is 0 Å². The van der Waals surface area contributed by atoms with E-state index < -0.39 is 16.1 Å². The van der Waals surface area contributed by atoms with Crippen molar-refractivity contribution in [2.24, 2.45) is 0 Å². The summed E-state index contributed by atoms with van der Waals surface area (Å²) in [5.74, 6) is 0.236. The standard InChI is InChI=1S/C13H10ClNO4S/c14-11-8-4-5-9-12(11)20(17,18)15-13(16)19-10-6-2-1-3-7-10/h1-9H,(H,15,16). The lowest BCUT2D eigenvalue weighted by atomic mass is 10.3. The molecule has 0 aliphatic heterocycles. The molecule has 2 rings (SSSR count). The van der Waals surface area contributed by atoms with Gasteiger partial charge in [0.15, 0.2) is 0 Å². The Hall–Kier alpha value is -2.05. The highest BCUT2D eigenvalue weighted by Gasteiger charge is 2.21. The van der Waals surface area contributed by atoms with E-state index in [4.69, 9.17) is 16.3 Å². The van der Waals surface area contributed by atoms with Crippen LogP contribution in [0.5, 0.6) is 5.75 Å². The lowest BCUT2D eigenvalue weighted by Crippen LogP contribution is -2.33. The number of ether oxygens (including phenoxy) is 1. The summed E-state index contributed by atoms with van der Waals surface area (Å²) in [4.78, 5) is 11.4. The smallest absolute Gasteiger partial charge is 0.410 e. The number of hydrogen-bond donors (Lipinski definition) is 1. The Morgan fingerprint density at radius 1 is 1.00 bits per heavy atom. The quantitative estimate of drug-likeness (QED) is 0.946. The Bertz CT molecular complexity index is 716. The van der Waals surface area contributed by atoms with E-state index in [1.54, 1.807) is 29.0 Å². The van der Waals surface area contributed by atoms with Gasteiger partial charge in [-0.2, -0.15) is 0 Å². The van der Waals surface area contributed by atoms with Crippen LogP contribution in [0.2, 0.25) is 5.02 Å². The van der Waals surface area contributed by atoms with E-state index in [1.165, 1.54) is 30.3 Å². The van der Waals surface area contributed by atoms with Crippen LogP contribution in [0.3, 0.4) is 0 Å². The van der Waals surface area contributed by atoms with E-state index in [1.807, 2.05) is 0 Å². The second-order valence-corrected chi connectivity index (χ2v) is 5.80. The first-order valence-corrected chi connectivity index (χ1v) is 7.39. The molecule has 7 heteroatoms. The summed E-state index contributed by atoms with van der Waals surface area (Å²) < 4.78 is 30.5. The third-order valence-electron chi connectivity index (χ3n) is 2.30. The third kappa shape index (κ3) is 3.49. The van der Waals surface area contributed by atoms with Crippen molar-refractivity contribution in [1.29, 1.82) is 0 Å². The molecule has 104 valence electrons. The maximum Gasteiger partial charge on any atom is 0.426 e. The van der Waals surface area contributed by atoms with Gasteiger partial charge in [0.05, 0.1) is 5.02 Å². The van der Waals surface area contributed by atoms with Gasteiger partial charge < -0.3 is 4.74 Å². The van der Waals surface area contributed by atoms with Crippen molar-refractivity contribution in [3.05, 3.63) is 59.6 Å². The lowest BCUT2D eigenvalue weighted by molar-refractivity contribution is 0.207. The molecular formula is C13H10ClNO4S. The zero-order valence-electron chi connectivity index (χ0n) is 10.1. The highest BCUT2D eigenvalue weighted by atomic mass is 35.5. The van der Waals surface area contributed by atoms with Gasteiger partial charge in [0.2, 0.25) is 0 Å². The predicted octanol–water partition coefficient (Wildman–Crippen LogP) is 2.82. The maximum atomic E-state index is 12.0. The largest absolute Gasteiger partial charge is 0.426 e. The Kier molecular flexibility index (Phi) is 4.26. The number of nitrogens with one attached hydrogen (secondary N) is 1. The molecule has 0 unspecified atom stereocenters. The number of hydrogen-bond acceptors (Lipinski definition) is 4. The molecule has 2 aromatic carbocycles. The van der Waals surface area contributed by atoms with Crippen LogP contribution < -0.4 is 9.46 Å². The molecule has 0 aromatic heterocycles. The number of amides is 1. The van der Waals surface area contributed by atoms with Gasteiger partial charge in [-0.15, -0.1) is 0 Å². The second-order valence-electron chi connectivity index (χ2n) is 3.74. The van der Waals surface area contributed by atoms with E-state index >= 15 is 0 Å². The first-order valence-electron chi connectivity index (χ1n) is 5.53. The van der Waals surface area contributed by atoms with Gasteiger partial charge in [-0.25, -0.2) is 17.9 Å². The molecule has 0 bridgehead atoms. The number of para-hydroxylation sites is 1. The van der Waals surface area contributed by atoms with Crippen LogP contribution in [-0.2, 0) is 10.0 Å². The van der Waals surface area contributed by atoms with E-state index in [0.29, 0.717) is 0 Å². The molecule has 5 nitrogen and oxygen atoms in total. The highest BCUT2D eigenvalue weighted by Crippen LogP contribution is 2.20. The van der Waals surface area contributed by atoms with Crippen molar-refractivity contribution in [3.8, 4) is 5.75 Å². The minimum atomic E-state index is -4.07. The average Bonchev–Trinajstić information content (AvgIpc) is 2.39. The second kappa shape index (κ2) is 5.94. The molecule has 0 aliphatic carbocycles. The Labute approximate surface area is 121 Å². The number of halogens is 1. The van der Waals surface area contributed by atoms with E-state index in [9.17, 15) is 13.2 Å². The number of rotatable bonds is 3. The molecule has 0 fully saturated rings. The minimum Gasteiger partial charge on any atom is -0.410 e. The van der Waals surface area contributed by atoms with Gasteiger partial charge in [-0.05, 0) is 24.3 Å². The van der Waals surface area contributed by atoms with Crippen molar-refractivity contribution in [1.82, 2.24) is 4.72 Å². The van der Waals surface area contributed by atoms with Crippen molar-refractivity contribution < 1.29 is 17.9 Å². The molecule has 2 aromatic rings. The predicted molar refractivity (Wildman–Crippen MR) is 74.2 cm³/mol. The number of carbonyl (C=O) groups is 1. The summed E-state index contributed by atoms with van der Waals surface area (Å²) in [7, 11) is -4.07. The van der Waals surface area contributed by atoms with E-state index in [0.717, 1.165) is 0 Å². The third-order valence-corrected chi connectivity index (χ3v) is 4.11. The fraction of sp³-hybridized carbons (Fsp3) is 0. The van der Waals surface area contributed by atoms with Crippen molar-refractivity contribution >= 4 is 27.7 Å². The zero-order chi connectivity index (χ0) is 14.6. The molecule has 1 amide bonds. The van der Waals surface area contributed by atoms with Gasteiger partial charge >= 0.3 is 6.09 Å². The molecule has 0 radical (unpaired) electrons. The van der Waals surface area contributed by atoms with Crippen LogP contribution in [0.4, 0.5) is 4.79 Å². The van der Waals surface area contributed by atoms with Gasteiger partial charge in [0.25, 0.3) is 10.0 Å². The number of carbonyl (C=O) groups excluding carboxylic acids is 1. The van der Waals surface area contributed by atoms with Gasteiger partial charge in [0, 0.05) is 0 Å². The molecule has 1 N–H and O–H groups in total. The molecule has 0 aliphatic rings. The molecule has 20 heavy (non-hydrogen) atoms. The number of sulfonamides is 1. The summed E-state index contributed by atoms with van der Waals surface area (Å²) in [6.07, 6.45) is -1.10. The molecular weight excluding hydrogens is 302 g/mol. The Morgan fingerprint density at radius 3 is 2.25 bits per heavy atom. The van der Waals surface area contributed by atoms with E-state index in [-0.39, 0.29) is 15.7 Å². The van der Waals surface area contributed by atoms with Crippen LogP contribution in [0.15, 0.2) is 59.5 Å². The topological polar surface area (TPSA) is 72.5 Å². The van der Waals surface area contributed by atoms with Crippen LogP contribution in [0, 0.1) is 0 Å². The zero-order valence-corrected chi connectivity index (χ0v) is 11.7. The van der Waals surface area contributed by atoms with Crippen molar-refractivity contribution in [2.45, 2.75) is 4.90 Å². The summed E-state index contributed by atoms with van der Waals surface area (Å²) in [6, 6.07) is 13.9. The molecule has 0 saturated carbocycles. The first-order chi connectivity index (χ1) is 9.49. The van der Waals surface area contributed by atoms with E-state index in [2.05, 4.69) is 0 Å². The summed E-state index contributed by atoms with van der Waals surface area (Å²) >= 11 is 5.78. The van der Waals surface area contributed by atoms with Gasteiger partial charge in [0.1, 0.15) is 10.6 Å². The molecule has 0 atom stereocenters. The molecule has 0 heterocycles.